The molecule has 1 aromatic carbocycles. The van der Waals surface area contributed by atoms with E-state index in [2.05, 4.69) is 40.6 Å². The first-order chi connectivity index (χ1) is 8.84. The zero-order valence-corrected chi connectivity index (χ0v) is 10.2. The van der Waals surface area contributed by atoms with Gasteiger partial charge in [-0.1, -0.05) is 30.3 Å². The minimum Gasteiger partial charge on any atom is -0.397 e. The van der Waals surface area contributed by atoms with Gasteiger partial charge in [0.1, 0.15) is 0 Å². The molecule has 3 rings (SSSR count). The molecule has 92 valence electrons. The van der Waals surface area contributed by atoms with Crippen LogP contribution in [0.15, 0.2) is 48.7 Å². The first-order valence-corrected chi connectivity index (χ1v) is 6.32. The number of nitrogen functional groups attached to an aromatic ring is 1. The van der Waals surface area contributed by atoms with E-state index in [0.29, 0.717) is 12.0 Å². The molecule has 3 nitrogen and oxygen atoms in total. The van der Waals surface area contributed by atoms with Crippen LogP contribution in [0.2, 0.25) is 0 Å². The summed E-state index contributed by atoms with van der Waals surface area (Å²) in [6, 6.07) is 15.0. The van der Waals surface area contributed by atoms with Gasteiger partial charge in [-0.2, -0.15) is 0 Å². The maximum absolute atomic E-state index is 5.87. The molecule has 1 aliphatic carbocycles. The van der Waals surface area contributed by atoms with Crippen molar-refractivity contribution in [2.75, 3.05) is 5.73 Å². The maximum atomic E-state index is 5.87. The van der Waals surface area contributed by atoms with Crippen molar-refractivity contribution in [2.45, 2.75) is 24.9 Å². The van der Waals surface area contributed by atoms with E-state index in [1.807, 2.05) is 12.1 Å². The van der Waals surface area contributed by atoms with Crippen LogP contribution in [0.3, 0.4) is 0 Å². The Labute approximate surface area is 107 Å². The number of aromatic nitrogens is 1. The minimum absolute atomic E-state index is 0.564. The lowest BCUT2D eigenvalue weighted by Gasteiger charge is -2.06. The smallest absolute Gasteiger partial charge is 0.0770 e. The molecule has 3 N–H and O–H groups in total. The van der Waals surface area contributed by atoms with Crippen LogP contribution < -0.4 is 11.1 Å². The van der Waals surface area contributed by atoms with Gasteiger partial charge in [-0.15, -0.1) is 0 Å². The van der Waals surface area contributed by atoms with E-state index in [9.17, 15) is 0 Å². The number of pyridine rings is 1. The molecular formula is C15H17N3. The Balaban J connectivity index is 1.56. The van der Waals surface area contributed by atoms with E-state index in [0.717, 1.165) is 17.9 Å². The molecule has 2 aromatic rings. The van der Waals surface area contributed by atoms with Gasteiger partial charge in [0.25, 0.3) is 0 Å². The predicted octanol–water partition coefficient (Wildman–Crippen LogP) is 2.31. The second kappa shape index (κ2) is 4.78. The zero-order chi connectivity index (χ0) is 12.4. The summed E-state index contributed by atoms with van der Waals surface area (Å²) < 4.78 is 0. The summed E-state index contributed by atoms with van der Waals surface area (Å²) in [6.07, 6.45) is 2.99. The zero-order valence-electron chi connectivity index (χ0n) is 10.2. The van der Waals surface area contributed by atoms with Crippen molar-refractivity contribution in [3.05, 3.63) is 59.9 Å². The SMILES string of the molecule is Nc1cccnc1CNC1CC1c1ccccc1. The lowest BCUT2D eigenvalue weighted by atomic mass is 10.1. The predicted molar refractivity (Wildman–Crippen MR) is 73.1 cm³/mol. The molecule has 1 fully saturated rings. The summed E-state index contributed by atoms with van der Waals surface area (Å²) in [5.74, 6) is 0.649. The van der Waals surface area contributed by atoms with Crippen molar-refractivity contribution in [2.24, 2.45) is 0 Å². The summed E-state index contributed by atoms with van der Waals surface area (Å²) in [6.45, 7) is 0.751. The normalized spacial score (nSPS) is 21.8. The minimum atomic E-state index is 0.564. The second-order valence-corrected chi connectivity index (χ2v) is 4.78. The van der Waals surface area contributed by atoms with E-state index in [-0.39, 0.29) is 0 Å². The molecule has 1 aromatic heterocycles. The summed E-state index contributed by atoms with van der Waals surface area (Å²) >= 11 is 0. The highest BCUT2D eigenvalue weighted by Gasteiger charge is 2.37. The number of hydrogen-bond acceptors (Lipinski definition) is 3. The fourth-order valence-corrected chi connectivity index (χ4v) is 2.32. The number of benzene rings is 1. The van der Waals surface area contributed by atoms with E-state index in [1.54, 1.807) is 6.20 Å². The first kappa shape index (κ1) is 11.2. The average Bonchev–Trinajstić information content (AvgIpc) is 3.18. The van der Waals surface area contributed by atoms with Gasteiger partial charge in [0.15, 0.2) is 0 Å². The van der Waals surface area contributed by atoms with Crippen molar-refractivity contribution in [1.29, 1.82) is 0 Å². The van der Waals surface area contributed by atoms with E-state index < -0.39 is 0 Å². The lowest BCUT2D eigenvalue weighted by molar-refractivity contribution is 0.662. The highest BCUT2D eigenvalue weighted by Crippen LogP contribution is 2.40. The summed E-state index contributed by atoms with van der Waals surface area (Å²) in [5.41, 5.74) is 9.00. The van der Waals surface area contributed by atoms with Crippen LogP contribution in [0.5, 0.6) is 0 Å². The number of anilines is 1. The van der Waals surface area contributed by atoms with Gasteiger partial charge in [-0.25, -0.2) is 0 Å². The molecule has 0 spiro atoms. The third kappa shape index (κ3) is 2.36. The highest BCUT2D eigenvalue weighted by atomic mass is 15.0. The van der Waals surface area contributed by atoms with E-state index >= 15 is 0 Å². The Bertz CT molecular complexity index is 524. The maximum Gasteiger partial charge on any atom is 0.0770 e. The average molecular weight is 239 g/mol. The van der Waals surface area contributed by atoms with Gasteiger partial charge in [0.2, 0.25) is 0 Å². The van der Waals surface area contributed by atoms with E-state index in [4.69, 9.17) is 5.73 Å². The quantitative estimate of drug-likeness (QED) is 0.860. The fraction of sp³-hybridized carbons (Fsp3) is 0.267. The third-order valence-corrected chi connectivity index (χ3v) is 3.48. The van der Waals surface area contributed by atoms with Gasteiger partial charge in [0.05, 0.1) is 11.4 Å². The highest BCUT2D eigenvalue weighted by molar-refractivity contribution is 5.41. The molecule has 0 radical (unpaired) electrons. The van der Waals surface area contributed by atoms with Crippen LogP contribution in [-0.2, 0) is 6.54 Å². The van der Waals surface area contributed by atoms with Crippen molar-refractivity contribution < 1.29 is 0 Å². The Hall–Kier alpha value is -1.87. The number of nitrogens with one attached hydrogen (secondary N) is 1. The Morgan fingerprint density at radius 3 is 2.78 bits per heavy atom. The Morgan fingerprint density at radius 1 is 1.17 bits per heavy atom. The van der Waals surface area contributed by atoms with Crippen molar-refractivity contribution in [1.82, 2.24) is 10.3 Å². The number of nitrogens with zero attached hydrogens (tertiary/aromatic N) is 1. The Morgan fingerprint density at radius 2 is 2.00 bits per heavy atom. The fourth-order valence-electron chi connectivity index (χ4n) is 2.32. The third-order valence-electron chi connectivity index (χ3n) is 3.48. The van der Waals surface area contributed by atoms with Crippen LogP contribution in [0.1, 0.15) is 23.6 Å². The summed E-state index contributed by atoms with van der Waals surface area (Å²) in [7, 11) is 0. The van der Waals surface area contributed by atoms with Crippen LogP contribution in [0.4, 0.5) is 5.69 Å². The van der Waals surface area contributed by atoms with Gasteiger partial charge in [0, 0.05) is 24.7 Å². The lowest BCUT2D eigenvalue weighted by Crippen LogP contribution is -2.18. The second-order valence-electron chi connectivity index (χ2n) is 4.78. The van der Waals surface area contributed by atoms with Crippen LogP contribution in [0, 0.1) is 0 Å². The number of nitrogens with two attached hydrogens (primary N) is 1. The Kier molecular flexibility index (Phi) is 2.99. The molecular weight excluding hydrogens is 222 g/mol. The molecule has 0 saturated heterocycles. The van der Waals surface area contributed by atoms with Gasteiger partial charge >= 0.3 is 0 Å². The van der Waals surface area contributed by atoms with Crippen molar-refractivity contribution >= 4 is 5.69 Å². The molecule has 1 saturated carbocycles. The molecule has 0 bridgehead atoms. The van der Waals surface area contributed by atoms with Gasteiger partial charge in [-0.05, 0) is 24.1 Å². The molecule has 2 atom stereocenters. The summed E-state index contributed by atoms with van der Waals surface area (Å²) in [5, 5.41) is 3.52. The first-order valence-electron chi connectivity index (χ1n) is 6.32. The molecule has 3 heteroatoms. The number of rotatable bonds is 4. The van der Waals surface area contributed by atoms with Crippen LogP contribution >= 0.6 is 0 Å². The van der Waals surface area contributed by atoms with Crippen molar-refractivity contribution in [3.8, 4) is 0 Å². The molecule has 1 heterocycles. The van der Waals surface area contributed by atoms with Crippen LogP contribution in [0.25, 0.3) is 0 Å². The largest absolute Gasteiger partial charge is 0.397 e. The summed E-state index contributed by atoms with van der Waals surface area (Å²) in [4.78, 5) is 4.29. The topological polar surface area (TPSA) is 50.9 Å². The van der Waals surface area contributed by atoms with Crippen molar-refractivity contribution in [3.63, 3.8) is 0 Å². The molecule has 2 unspecified atom stereocenters. The van der Waals surface area contributed by atoms with Crippen LogP contribution in [-0.4, -0.2) is 11.0 Å². The van der Waals surface area contributed by atoms with E-state index in [1.165, 1.54) is 12.0 Å². The van der Waals surface area contributed by atoms with Gasteiger partial charge < -0.3 is 11.1 Å². The standard InChI is InChI=1S/C15H17N3/c16-13-7-4-8-17-15(13)10-18-14-9-12(14)11-5-2-1-3-6-11/h1-8,12,14,18H,9-10,16H2. The molecule has 0 aliphatic heterocycles. The molecule has 18 heavy (non-hydrogen) atoms. The molecule has 0 amide bonds. The monoisotopic (exact) mass is 239 g/mol. The van der Waals surface area contributed by atoms with Gasteiger partial charge in [-0.3, -0.25) is 4.98 Å². The number of hydrogen-bond donors (Lipinski definition) is 2. The molecule has 1 aliphatic rings.